The van der Waals surface area contributed by atoms with Crippen LogP contribution in [-0.4, -0.2) is 37.1 Å². The van der Waals surface area contributed by atoms with Gasteiger partial charge < -0.3 is 5.32 Å². The van der Waals surface area contributed by atoms with E-state index >= 15 is 0 Å². The molecule has 1 rings (SSSR count). The molecule has 0 aromatic heterocycles. The quantitative estimate of drug-likeness (QED) is 0.534. The molecular formula is C12H24N2. The lowest BCUT2D eigenvalue weighted by Gasteiger charge is -2.26. The van der Waals surface area contributed by atoms with Gasteiger partial charge in [0.25, 0.3) is 0 Å². The van der Waals surface area contributed by atoms with Gasteiger partial charge in [-0.05, 0) is 32.9 Å². The van der Waals surface area contributed by atoms with Crippen molar-refractivity contribution >= 4 is 0 Å². The van der Waals surface area contributed by atoms with E-state index in [0.29, 0.717) is 6.04 Å². The Hall–Kier alpha value is -0.340. The van der Waals surface area contributed by atoms with E-state index < -0.39 is 0 Å². The van der Waals surface area contributed by atoms with Crippen molar-refractivity contribution in [2.75, 3.05) is 26.2 Å². The molecule has 14 heavy (non-hydrogen) atoms. The van der Waals surface area contributed by atoms with Crippen LogP contribution in [0.4, 0.5) is 0 Å². The highest BCUT2D eigenvalue weighted by atomic mass is 15.1. The second kappa shape index (κ2) is 6.20. The highest BCUT2D eigenvalue weighted by Crippen LogP contribution is 2.08. The highest BCUT2D eigenvalue weighted by molar-refractivity contribution is 5.04. The summed E-state index contributed by atoms with van der Waals surface area (Å²) in [6.07, 6.45) is 4.87. The van der Waals surface area contributed by atoms with Crippen LogP contribution in [0.5, 0.6) is 0 Å². The first kappa shape index (κ1) is 11.7. The second-order valence-corrected chi connectivity index (χ2v) is 4.58. The fourth-order valence-corrected chi connectivity index (χ4v) is 1.87. The fraction of sp³-hybridized carbons (Fsp3) is 0.833. The van der Waals surface area contributed by atoms with Gasteiger partial charge in [0.05, 0.1) is 0 Å². The van der Waals surface area contributed by atoms with E-state index in [9.17, 15) is 0 Å². The SMILES string of the molecule is CC1=CCCN(CCCNC(C)C)C1. The molecule has 0 radical (unpaired) electrons. The molecule has 0 aromatic carbocycles. The Morgan fingerprint density at radius 2 is 2.29 bits per heavy atom. The third-order valence-corrected chi connectivity index (χ3v) is 2.61. The predicted molar refractivity (Wildman–Crippen MR) is 62.6 cm³/mol. The molecule has 0 saturated carbocycles. The zero-order valence-electron chi connectivity index (χ0n) is 9.84. The highest BCUT2D eigenvalue weighted by Gasteiger charge is 2.08. The molecule has 0 fully saturated rings. The van der Waals surface area contributed by atoms with Crippen molar-refractivity contribution < 1.29 is 0 Å². The van der Waals surface area contributed by atoms with Gasteiger partial charge in [0, 0.05) is 19.1 Å². The van der Waals surface area contributed by atoms with E-state index in [1.807, 2.05) is 0 Å². The summed E-state index contributed by atoms with van der Waals surface area (Å²) in [4.78, 5) is 2.55. The summed E-state index contributed by atoms with van der Waals surface area (Å²) in [6, 6.07) is 0.623. The molecule has 82 valence electrons. The molecule has 1 aliphatic rings. The Morgan fingerprint density at radius 3 is 2.93 bits per heavy atom. The molecule has 0 aliphatic carbocycles. The molecule has 0 bridgehead atoms. The van der Waals surface area contributed by atoms with Gasteiger partial charge >= 0.3 is 0 Å². The third-order valence-electron chi connectivity index (χ3n) is 2.61. The second-order valence-electron chi connectivity index (χ2n) is 4.58. The average molecular weight is 196 g/mol. The first-order valence-electron chi connectivity index (χ1n) is 5.80. The first-order valence-corrected chi connectivity index (χ1v) is 5.80. The fourth-order valence-electron chi connectivity index (χ4n) is 1.87. The standard InChI is InChI=1S/C12H24N2/c1-11(2)13-7-5-9-14-8-4-6-12(3)10-14/h6,11,13H,4-5,7-10H2,1-3H3. The van der Waals surface area contributed by atoms with Crippen LogP contribution in [0.2, 0.25) is 0 Å². The lowest BCUT2D eigenvalue weighted by molar-refractivity contribution is 0.284. The van der Waals surface area contributed by atoms with Crippen molar-refractivity contribution in [3.63, 3.8) is 0 Å². The predicted octanol–water partition coefficient (Wildman–Crippen LogP) is 2.03. The first-order chi connectivity index (χ1) is 6.68. The van der Waals surface area contributed by atoms with E-state index in [2.05, 4.69) is 37.1 Å². The smallest absolute Gasteiger partial charge is 0.0190 e. The summed E-state index contributed by atoms with van der Waals surface area (Å²) >= 11 is 0. The van der Waals surface area contributed by atoms with Crippen molar-refractivity contribution in [3.05, 3.63) is 11.6 Å². The molecule has 0 aromatic rings. The van der Waals surface area contributed by atoms with E-state index in [1.165, 1.54) is 38.0 Å². The van der Waals surface area contributed by atoms with E-state index in [1.54, 1.807) is 0 Å². The van der Waals surface area contributed by atoms with Crippen LogP contribution in [0.1, 0.15) is 33.6 Å². The van der Waals surface area contributed by atoms with Gasteiger partial charge in [0.2, 0.25) is 0 Å². The number of rotatable bonds is 5. The van der Waals surface area contributed by atoms with E-state index in [0.717, 1.165) is 6.54 Å². The number of nitrogens with one attached hydrogen (secondary N) is 1. The van der Waals surface area contributed by atoms with Gasteiger partial charge in [-0.15, -0.1) is 0 Å². The molecule has 0 atom stereocenters. The molecule has 0 amide bonds. The molecule has 1 heterocycles. The summed E-state index contributed by atoms with van der Waals surface area (Å²) < 4.78 is 0. The Bertz CT molecular complexity index is 185. The molecule has 0 spiro atoms. The Kier molecular flexibility index (Phi) is 5.20. The van der Waals surface area contributed by atoms with E-state index in [4.69, 9.17) is 0 Å². The maximum atomic E-state index is 3.45. The maximum absolute atomic E-state index is 3.45. The summed E-state index contributed by atoms with van der Waals surface area (Å²) in [5, 5.41) is 3.45. The third kappa shape index (κ3) is 4.77. The average Bonchev–Trinajstić information content (AvgIpc) is 2.12. The molecule has 0 unspecified atom stereocenters. The Balaban J connectivity index is 2.04. The van der Waals surface area contributed by atoms with Crippen LogP contribution >= 0.6 is 0 Å². The van der Waals surface area contributed by atoms with Crippen molar-refractivity contribution in [1.29, 1.82) is 0 Å². The number of hydrogen-bond acceptors (Lipinski definition) is 2. The summed E-state index contributed by atoms with van der Waals surface area (Å²) in [5.41, 5.74) is 1.54. The molecular weight excluding hydrogens is 172 g/mol. The van der Waals surface area contributed by atoms with Crippen molar-refractivity contribution in [3.8, 4) is 0 Å². The monoisotopic (exact) mass is 196 g/mol. The van der Waals surface area contributed by atoms with Crippen LogP contribution in [0.25, 0.3) is 0 Å². The van der Waals surface area contributed by atoms with E-state index in [-0.39, 0.29) is 0 Å². The molecule has 1 aliphatic heterocycles. The largest absolute Gasteiger partial charge is 0.314 e. The van der Waals surface area contributed by atoms with Crippen LogP contribution in [-0.2, 0) is 0 Å². The van der Waals surface area contributed by atoms with Gasteiger partial charge in [0.1, 0.15) is 0 Å². The maximum Gasteiger partial charge on any atom is 0.0190 e. The summed E-state index contributed by atoms with van der Waals surface area (Å²) in [6.45, 7) is 11.5. The van der Waals surface area contributed by atoms with Crippen LogP contribution < -0.4 is 5.32 Å². The molecule has 2 heteroatoms. The zero-order valence-corrected chi connectivity index (χ0v) is 9.84. The topological polar surface area (TPSA) is 15.3 Å². The molecule has 1 N–H and O–H groups in total. The van der Waals surface area contributed by atoms with Crippen LogP contribution in [0.3, 0.4) is 0 Å². The van der Waals surface area contributed by atoms with Crippen LogP contribution in [0.15, 0.2) is 11.6 Å². The number of hydrogen-bond donors (Lipinski definition) is 1. The normalized spacial score (nSPS) is 18.7. The zero-order chi connectivity index (χ0) is 10.4. The minimum absolute atomic E-state index is 0.623. The Morgan fingerprint density at radius 1 is 1.50 bits per heavy atom. The Labute approximate surface area is 88.4 Å². The number of nitrogens with zero attached hydrogens (tertiary/aromatic N) is 1. The van der Waals surface area contributed by atoms with Crippen molar-refractivity contribution in [2.45, 2.75) is 39.7 Å². The van der Waals surface area contributed by atoms with Gasteiger partial charge in [-0.25, -0.2) is 0 Å². The van der Waals surface area contributed by atoms with Gasteiger partial charge in [-0.3, -0.25) is 4.90 Å². The van der Waals surface area contributed by atoms with Gasteiger partial charge in [-0.1, -0.05) is 25.5 Å². The lowest BCUT2D eigenvalue weighted by atomic mass is 10.1. The summed E-state index contributed by atoms with van der Waals surface area (Å²) in [7, 11) is 0. The van der Waals surface area contributed by atoms with Crippen molar-refractivity contribution in [1.82, 2.24) is 10.2 Å². The van der Waals surface area contributed by atoms with Crippen molar-refractivity contribution in [2.24, 2.45) is 0 Å². The summed E-state index contributed by atoms with van der Waals surface area (Å²) in [5.74, 6) is 0. The van der Waals surface area contributed by atoms with Gasteiger partial charge in [0.15, 0.2) is 0 Å². The van der Waals surface area contributed by atoms with Crippen LogP contribution in [0, 0.1) is 0 Å². The minimum atomic E-state index is 0.623. The van der Waals surface area contributed by atoms with Gasteiger partial charge in [-0.2, -0.15) is 0 Å². The lowest BCUT2D eigenvalue weighted by Crippen LogP contribution is -2.33. The molecule has 0 saturated heterocycles. The molecule has 2 nitrogen and oxygen atoms in total. The minimum Gasteiger partial charge on any atom is -0.314 e.